The van der Waals surface area contributed by atoms with Crippen LogP contribution in [0.1, 0.15) is 71.6 Å². The Kier molecular flexibility index (Phi) is 6.34. The second kappa shape index (κ2) is 8.02. The van der Waals surface area contributed by atoms with Crippen LogP contribution in [-0.4, -0.2) is 36.0 Å². The molecule has 0 aliphatic carbocycles. The number of nitrogens with one attached hydrogen (secondary N) is 1. The molecule has 2 saturated heterocycles. The van der Waals surface area contributed by atoms with Crippen LogP contribution in [0, 0.1) is 5.92 Å². The molecule has 3 atom stereocenters. The Bertz CT molecular complexity index is 299. The zero-order chi connectivity index (χ0) is 14.4. The average Bonchev–Trinajstić information content (AvgIpc) is 3.02. The normalized spacial score (nSPS) is 28.6. The van der Waals surface area contributed by atoms with E-state index in [2.05, 4.69) is 24.1 Å². The molecule has 0 bridgehead atoms. The fraction of sp³-hybridized carbons (Fsp3) is 0.941. The molecule has 0 aromatic carbocycles. The van der Waals surface area contributed by atoms with Crippen molar-refractivity contribution in [3.63, 3.8) is 0 Å². The van der Waals surface area contributed by atoms with Gasteiger partial charge in [0.1, 0.15) is 0 Å². The zero-order valence-corrected chi connectivity index (χ0v) is 13.4. The molecule has 3 heteroatoms. The van der Waals surface area contributed by atoms with Crippen molar-refractivity contribution in [3.05, 3.63) is 0 Å². The van der Waals surface area contributed by atoms with Crippen molar-refractivity contribution in [3.8, 4) is 0 Å². The first-order valence-corrected chi connectivity index (χ1v) is 8.81. The van der Waals surface area contributed by atoms with Crippen LogP contribution in [0.25, 0.3) is 0 Å². The summed E-state index contributed by atoms with van der Waals surface area (Å²) >= 11 is 0. The van der Waals surface area contributed by atoms with Crippen LogP contribution < -0.4 is 5.32 Å². The lowest BCUT2D eigenvalue weighted by molar-refractivity contribution is -0.140. The number of likely N-dealkylation sites (tertiary alicyclic amines) is 1. The van der Waals surface area contributed by atoms with Crippen molar-refractivity contribution in [2.75, 3.05) is 13.1 Å². The van der Waals surface area contributed by atoms with Gasteiger partial charge in [0.2, 0.25) is 5.91 Å². The SMILES string of the molecule is CCCCC(CC)C(=O)N1CCCCC1C1CCCN1. The summed E-state index contributed by atoms with van der Waals surface area (Å²) in [6.45, 7) is 6.51. The van der Waals surface area contributed by atoms with E-state index in [1.807, 2.05) is 0 Å². The maximum Gasteiger partial charge on any atom is 0.225 e. The van der Waals surface area contributed by atoms with Gasteiger partial charge in [-0.2, -0.15) is 0 Å². The molecule has 1 amide bonds. The van der Waals surface area contributed by atoms with Gasteiger partial charge in [0.15, 0.2) is 0 Å². The molecule has 0 aromatic rings. The summed E-state index contributed by atoms with van der Waals surface area (Å²) in [7, 11) is 0. The summed E-state index contributed by atoms with van der Waals surface area (Å²) in [6, 6.07) is 1.03. The minimum atomic E-state index is 0.261. The third-order valence-electron chi connectivity index (χ3n) is 5.14. The van der Waals surface area contributed by atoms with Crippen LogP contribution in [0.4, 0.5) is 0 Å². The molecule has 0 radical (unpaired) electrons. The van der Waals surface area contributed by atoms with Gasteiger partial charge in [-0.3, -0.25) is 4.79 Å². The van der Waals surface area contributed by atoms with E-state index in [1.54, 1.807) is 0 Å². The van der Waals surface area contributed by atoms with Gasteiger partial charge in [-0.15, -0.1) is 0 Å². The standard InChI is InChI=1S/C17H32N2O/c1-3-5-9-14(4-2)17(20)19-13-7-6-11-16(19)15-10-8-12-18-15/h14-16,18H,3-13H2,1-2H3. The molecule has 2 rings (SSSR count). The third kappa shape index (κ3) is 3.75. The number of rotatable bonds is 6. The van der Waals surface area contributed by atoms with Gasteiger partial charge in [-0.25, -0.2) is 0 Å². The van der Waals surface area contributed by atoms with E-state index < -0.39 is 0 Å². The first-order valence-electron chi connectivity index (χ1n) is 8.81. The first kappa shape index (κ1) is 15.8. The molecule has 2 aliphatic heterocycles. The fourth-order valence-electron chi connectivity index (χ4n) is 3.88. The Balaban J connectivity index is 1.99. The van der Waals surface area contributed by atoms with Crippen LogP contribution in [0.3, 0.4) is 0 Å². The maximum atomic E-state index is 12.9. The Morgan fingerprint density at radius 3 is 2.75 bits per heavy atom. The van der Waals surface area contributed by atoms with Gasteiger partial charge in [-0.05, 0) is 51.5 Å². The number of amides is 1. The van der Waals surface area contributed by atoms with Gasteiger partial charge in [0, 0.05) is 24.5 Å². The Hall–Kier alpha value is -0.570. The second-order valence-electron chi connectivity index (χ2n) is 6.55. The summed E-state index contributed by atoms with van der Waals surface area (Å²) in [4.78, 5) is 15.1. The van der Waals surface area contributed by atoms with E-state index in [0.29, 0.717) is 18.0 Å². The highest BCUT2D eigenvalue weighted by atomic mass is 16.2. The van der Waals surface area contributed by atoms with E-state index in [-0.39, 0.29) is 5.92 Å². The van der Waals surface area contributed by atoms with Crippen molar-refractivity contribution in [2.24, 2.45) is 5.92 Å². The largest absolute Gasteiger partial charge is 0.338 e. The third-order valence-corrected chi connectivity index (χ3v) is 5.14. The van der Waals surface area contributed by atoms with Crippen molar-refractivity contribution >= 4 is 5.91 Å². The predicted molar refractivity (Wildman–Crippen MR) is 83.7 cm³/mol. The first-order chi connectivity index (χ1) is 9.77. The molecule has 20 heavy (non-hydrogen) atoms. The summed E-state index contributed by atoms with van der Waals surface area (Å²) in [6.07, 6.45) is 10.7. The molecule has 0 spiro atoms. The quantitative estimate of drug-likeness (QED) is 0.809. The highest BCUT2D eigenvalue weighted by molar-refractivity contribution is 5.79. The van der Waals surface area contributed by atoms with Crippen LogP contribution in [0.15, 0.2) is 0 Å². The Labute approximate surface area is 124 Å². The number of carbonyl (C=O) groups excluding carboxylic acids is 1. The molecule has 3 unspecified atom stereocenters. The number of hydrogen-bond donors (Lipinski definition) is 1. The molecule has 0 aromatic heterocycles. The molecule has 116 valence electrons. The van der Waals surface area contributed by atoms with Gasteiger partial charge in [0.25, 0.3) is 0 Å². The Morgan fingerprint density at radius 1 is 1.25 bits per heavy atom. The number of nitrogens with zero attached hydrogens (tertiary/aromatic N) is 1. The van der Waals surface area contributed by atoms with E-state index in [4.69, 9.17) is 0 Å². The van der Waals surface area contributed by atoms with Crippen LogP contribution in [-0.2, 0) is 4.79 Å². The number of hydrogen-bond acceptors (Lipinski definition) is 2. The molecule has 2 aliphatic rings. The van der Waals surface area contributed by atoms with E-state index in [0.717, 1.165) is 25.9 Å². The Morgan fingerprint density at radius 2 is 2.10 bits per heavy atom. The van der Waals surface area contributed by atoms with Gasteiger partial charge < -0.3 is 10.2 Å². The fourth-order valence-corrected chi connectivity index (χ4v) is 3.88. The van der Waals surface area contributed by atoms with Gasteiger partial charge in [-0.1, -0.05) is 26.7 Å². The average molecular weight is 280 g/mol. The predicted octanol–water partition coefficient (Wildman–Crippen LogP) is 3.34. The van der Waals surface area contributed by atoms with Crippen molar-refractivity contribution < 1.29 is 4.79 Å². The van der Waals surface area contributed by atoms with Gasteiger partial charge in [0.05, 0.1) is 0 Å². The van der Waals surface area contributed by atoms with Crippen molar-refractivity contribution in [2.45, 2.75) is 83.7 Å². The smallest absolute Gasteiger partial charge is 0.225 e. The number of carbonyl (C=O) groups is 1. The molecular formula is C17H32N2O. The van der Waals surface area contributed by atoms with E-state index >= 15 is 0 Å². The highest BCUT2D eigenvalue weighted by Gasteiger charge is 2.35. The topological polar surface area (TPSA) is 32.3 Å². The summed E-state index contributed by atoms with van der Waals surface area (Å²) in [5.74, 6) is 0.705. The summed E-state index contributed by atoms with van der Waals surface area (Å²) in [5, 5.41) is 3.62. The lowest BCUT2D eigenvalue weighted by Gasteiger charge is -2.41. The van der Waals surface area contributed by atoms with E-state index in [9.17, 15) is 4.79 Å². The van der Waals surface area contributed by atoms with Gasteiger partial charge >= 0.3 is 0 Å². The molecular weight excluding hydrogens is 248 g/mol. The molecule has 0 saturated carbocycles. The lowest BCUT2D eigenvalue weighted by atomic mass is 9.91. The second-order valence-corrected chi connectivity index (χ2v) is 6.55. The minimum absolute atomic E-state index is 0.261. The minimum Gasteiger partial charge on any atom is -0.338 e. The molecule has 2 heterocycles. The monoisotopic (exact) mass is 280 g/mol. The molecule has 1 N–H and O–H groups in total. The summed E-state index contributed by atoms with van der Waals surface area (Å²) in [5.41, 5.74) is 0. The highest BCUT2D eigenvalue weighted by Crippen LogP contribution is 2.27. The molecule has 2 fully saturated rings. The van der Waals surface area contributed by atoms with Crippen LogP contribution in [0.2, 0.25) is 0 Å². The van der Waals surface area contributed by atoms with Crippen LogP contribution in [0.5, 0.6) is 0 Å². The van der Waals surface area contributed by atoms with E-state index in [1.165, 1.54) is 44.9 Å². The number of piperidine rings is 1. The maximum absolute atomic E-state index is 12.9. The zero-order valence-electron chi connectivity index (χ0n) is 13.4. The van der Waals surface area contributed by atoms with Crippen molar-refractivity contribution in [1.29, 1.82) is 0 Å². The summed E-state index contributed by atoms with van der Waals surface area (Å²) < 4.78 is 0. The number of unbranched alkanes of at least 4 members (excludes halogenated alkanes) is 1. The molecule has 3 nitrogen and oxygen atoms in total. The van der Waals surface area contributed by atoms with Crippen LogP contribution >= 0.6 is 0 Å². The lowest BCUT2D eigenvalue weighted by Crippen LogP contribution is -2.54. The van der Waals surface area contributed by atoms with Crippen molar-refractivity contribution in [1.82, 2.24) is 10.2 Å².